The highest BCUT2D eigenvalue weighted by atomic mass is 16.5. The number of rotatable bonds is 10. The van der Waals surface area contributed by atoms with Crippen LogP contribution in [0.25, 0.3) is 0 Å². The quantitative estimate of drug-likeness (QED) is 0.510. The van der Waals surface area contributed by atoms with Crippen LogP contribution in [-0.4, -0.2) is 49.7 Å². The Morgan fingerprint density at radius 2 is 1.88 bits per heavy atom. The molecule has 0 saturated heterocycles. The van der Waals surface area contributed by atoms with Crippen LogP contribution in [0, 0.1) is 0 Å². The normalized spacial score (nSPS) is 11.9. The van der Waals surface area contributed by atoms with E-state index in [2.05, 4.69) is 61.2 Å². The van der Waals surface area contributed by atoms with Gasteiger partial charge in [0.1, 0.15) is 12.4 Å². The van der Waals surface area contributed by atoms with Gasteiger partial charge in [-0.3, -0.25) is 0 Å². The van der Waals surface area contributed by atoms with Crippen LogP contribution < -0.4 is 15.4 Å². The Hall–Kier alpha value is -1.75. The molecule has 0 amide bonds. The topological polar surface area (TPSA) is 48.9 Å². The van der Waals surface area contributed by atoms with Crippen LogP contribution in [0.1, 0.15) is 40.2 Å². The van der Waals surface area contributed by atoms with E-state index in [9.17, 15) is 0 Å². The summed E-state index contributed by atoms with van der Waals surface area (Å²) in [5.74, 6) is 1.76. The molecule has 136 valence electrons. The third kappa shape index (κ3) is 7.68. The van der Waals surface area contributed by atoms with Gasteiger partial charge in [-0.05, 0) is 39.9 Å². The fraction of sp³-hybridized carbons (Fsp3) is 0.632. The Labute approximate surface area is 147 Å². The number of guanidine groups is 1. The molecule has 0 unspecified atom stereocenters. The zero-order valence-electron chi connectivity index (χ0n) is 15.9. The molecule has 5 heteroatoms. The zero-order valence-corrected chi connectivity index (χ0v) is 15.9. The molecule has 24 heavy (non-hydrogen) atoms. The SMILES string of the molecule is CCNC(=NCc1ccccc1OCCN(CC)CC)NC(C)C. The van der Waals surface area contributed by atoms with E-state index in [4.69, 9.17) is 4.74 Å². The third-order valence-electron chi connectivity index (χ3n) is 3.71. The van der Waals surface area contributed by atoms with Crippen molar-refractivity contribution < 1.29 is 4.74 Å². The molecule has 2 N–H and O–H groups in total. The molecule has 0 fully saturated rings. The van der Waals surface area contributed by atoms with E-state index in [1.165, 1.54) is 0 Å². The summed E-state index contributed by atoms with van der Waals surface area (Å²) in [5, 5.41) is 6.60. The predicted octanol–water partition coefficient (Wildman–Crippen LogP) is 2.87. The average molecular weight is 335 g/mol. The Kier molecular flexibility index (Phi) is 9.92. The molecule has 0 bridgehead atoms. The van der Waals surface area contributed by atoms with Crippen molar-refractivity contribution in [2.24, 2.45) is 4.99 Å². The number of ether oxygens (including phenoxy) is 1. The molecule has 0 radical (unpaired) electrons. The molecule has 0 aliphatic heterocycles. The molecule has 0 spiro atoms. The third-order valence-corrected chi connectivity index (χ3v) is 3.71. The second-order valence-electron chi connectivity index (χ2n) is 5.98. The number of benzene rings is 1. The summed E-state index contributed by atoms with van der Waals surface area (Å²) >= 11 is 0. The van der Waals surface area contributed by atoms with Crippen molar-refractivity contribution in [3.05, 3.63) is 29.8 Å². The van der Waals surface area contributed by atoms with E-state index in [0.29, 0.717) is 19.2 Å². The predicted molar refractivity (Wildman–Crippen MR) is 103 cm³/mol. The van der Waals surface area contributed by atoms with Crippen molar-refractivity contribution in [3.63, 3.8) is 0 Å². The van der Waals surface area contributed by atoms with Gasteiger partial charge in [0.05, 0.1) is 6.54 Å². The van der Waals surface area contributed by atoms with Crippen molar-refractivity contribution in [1.82, 2.24) is 15.5 Å². The van der Waals surface area contributed by atoms with E-state index in [-0.39, 0.29) is 0 Å². The van der Waals surface area contributed by atoms with E-state index >= 15 is 0 Å². The molecular formula is C19H34N4O. The minimum Gasteiger partial charge on any atom is -0.492 e. The van der Waals surface area contributed by atoms with Crippen LogP contribution in [0.5, 0.6) is 5.75 Å². The molecule has 0 aromatic heterocycles. The fourth-order valence-corrected chi connectivity index (χ4v) is 2.36. The first-order chi connectivity index (χ1) is 11.6. The first-order valence-corrected chi connectivity index (χ1v) is 9.08. The highest BCUT2D eigenvalue weighted by molar-refractivity contribution is 5.80. The van der Waals surface area contributed by atoms with Crippen molar-refractivity contribution in [2.45, 2.75) is 47.2 Å². The van der Waals surface area contributed by atoms with E-state index in [0.717, 1.165) is 43.5 Å². The molecule has 1 aromatic rings. The first-order valence-electron chi connectivity index (χ1n) is 9.08. The molecule has 5 nitrogen and oxygen atoms in total. The number of aliphatic imine (C=N–C) groups is 1. The number of para-hydroxylation sites is 1. The molecule has 1 rings (SSSR count). The highest BCUT2D eigenvalue weighted by Gasteiger charge is 2.05. The minimum atomic E-state index is 0.350. The summed E-state index contributed by atoms with van der Waals surface area (Å²) in [4.78, 5) is 7.02. The van der Waals surface area contributed by atoms with Gasteiger partial charge < -0.3 is 20.3 Å². The van der Waals surface area contributed by atoms with Crippen LogP contribution >= 0.6 is 0 Å². The lowest BCUT2D eigenvalue weighted by Crippen LogP contribution is -2.41. The van der Waals surface area contributed by atoms with E-state index in [1.54, 1.807) is 0 Å². The standard InChI is InChI=1S/C19H34N4O/c1-6-20-19(22-16(4)5)21-15-17-11-9-10-12-18(17)24-14-13-23(7-2)8-3/h9-12,16H,6-8,13-15H2,1-5H3,(H2,20,21,22). The maximum Gasteiger partial charge on any atom is 0.191 e. The van der Waals surface area contributed by atoms with Gasteiger partial charge in [0.2, 0.25) is 0 Å². The van der Waals surface area contributed by atoms with E-state index < -0.39 is 0 Å². The van der Waals surface area contributed by atoms with Crippen molar-refractivity contribution in [1.29, 1.82) is 0 Å². The van der Waals surface area contributed by atoms with Crippen LogP contribution in [-0.2, 0) is 6.54 Å². The molecule has 1 aromatic carbocycles. The number of nitrogens with zero attached hydrogens (tertiary/aromatic N) is 2. The van der Waals surface area contributed by atoms with Gasteiger partial charge in [0.15, 0.2) is 5.96 Å². The maximum absolute atomic E-state index is 5.99. The lowest BCUT2D eigenvalue weighted by atomic mass is 10.2. The van der Waals surface area contributed by atoms with Gasteiger partial charge in [-0.1, -0.05) is 32.0 Å². The van der Waals surface area contributed by atoms with Gasteiger partial charge >= 0.3 is 0 Å². The van der Waals surface area contributed by atoms with Gasteiger partial charge in [-0.15, -0.1) is 0 Å². The summed E-state index contributed by atoms with van der Waals surface area (Å²) < 4.78 is 5.99. The number of nitrogens with one attached hydrogen (secondary N) is 2. The molecule has 0 aliphatic rings. The van der Waals surface area contributed by atoms with Crippen molar-refractivity contribution in [3.8, 4) is 5.75 Å². The molecule has 0 atom stereocenters. The number of hydrogen-bond donors (Lipinski definition) is 2. The zero-order chi connectivity index (χ0) is 17.8. The molecule has 0 saturated carbocycles. The summed E-state index contributed by atoms with van der Waals surface area (Å²) in [6, 6.07) is 8.50. The van der Waals surface area contributed by atoms with Crippen LogP contribution in [0.3, 0.4) is 0 Å². The number of hydrogen-bond acceptors (Lipinski definition) is 3. The summed E-state index contributed by atoms with van der Waals surface area (Å²) in [6.07, 6.45) is 0. The van der Waals surface area contributed by atoms with Crippen LogP contribution in [0.15, 0.2) is 29.3 Å². The van der Waals surface area contributed by atoms with Crippen LogP contribution in [0.4, 0.5) is 0 Å². The maximum atomic E-state index is 5.99. The molecule has 0 aliphatic carbocycles. The van der Waals surface area contributed by atoms with Gasteiger partial charge in [-0.25, -0.2) is 4.99 Å². The molecule has 0 heterocycles. The van der Waals surface area contributed by atoms with Crippen molar-refractivity contribution in [2.75, 3.05) is 32.8 Å². The van der Waals surface area contributed by atoms with Crippen molar-refractivity contribution >= 4 is 5.96 Å². The molecular weight excluding hydrogens is 300 g/mol. The second-order valence-corrected chi connectivity index (χ2v) is 5.98. The average Bonchev–Trinajstić information content (AvgIpc) is 2.57. The monoisotopic (exact) mass is 334 g/mol. The van der Waals surface area contributed by atoms with Gasteiger partial charge in [0.25, 0.3) is 0 Å². The highest BCUT2D eigenvalue weighted by Crippen LogP contribution is 2.18. The lowest BCUT2D eigenvalue weighted by Gasteiger charge is -2.19. The Bertz CT molecular complexity index is 484. The minimum absolute atomic E-state index is 0.350. The first kappa shape index (κ1) is 20.3. The summed E-state index contributed by atoms with van der Waals surface area (Å²) in [7, 11) is 0. The van der Waals surface area contributed by atoms with Gasteiger partial charge in [-0.2, -0.15) is 0 Å². The fourth-order valence-electron chi connectivity index (χ4n) is 2.36. The Balaban J connectivity index is 2.67. The van der Waals surface area contributed by atoms with E-state index in [1.807, 2.05) is 18.2 Å². The van der Waals surface area contributed by atoms with Crippen LogP contribution in [0.2, 0.25) is 0 Å². The smallest absolute Gasteiger partial charge is 0.191 e. The largest absolute Gasteiger partial charge is 0.492 e. The lowest BCUT2D eigenvalue weighted by molar-refractivity contribution is 0.221. The summed E-state index contributed by atoms with van der Waals surface area (Å²) in [6.45, 7) is 15.8. The van der Waals surface area contributed by atoms with Gasteiger partial charge in [0, 0.05) is 24.7 Å². The Morgan fingerprint density at radius 1 is 1.17 bits per heavy atom. The second kappa shape index (κ2) is 11.7. The summed E-state index contributed by atoms with van der Waals surface area (Å²) in [5.41, 5.74) is 1.11. The number of likely N-dealkylation sites (N-methyl/N-ethyl adjacent to an activating group) is 1. The Morgan fingerprint density at radius 3 is 2.50 bits per heavy atom.